The van der Waals surface area contributed by atoms with Crippen LogP contribution in [0, 0.1) is 13.8 Å². The summed E-state index contributed by atoms with van der Waals surface area (Å²) in [5.74, 6) is -0.369. The van der Waals surface area contributed by atoms with E-state index in [-0.39, 0.29) is 31.2 Å². The fraction of sp³-hybridized carbons (Fsp3) is 0.261. The molecule has 0 aliphatic rings. The van der Waals surface area contributed by atoms with Crippen LogP contribution in [0.2, 0.25) is 0 Å². The number of hydrogen-bond acceptors (Lipinski definition) is 5. The summed E-state index contributed by atoms with van der Waals surface area (Å²) in [5.41, 5.74) is 2.47. The van der Waals surface area contributed by atoms with Crippen molar-refractivity contribution < 1.29 is 19.1 Å². The molecule has 0 unspecified atom stereocenters. The summed E-state index contributed by atoms with van der Waals surface area (Å²) in [6, 6.07) is 12.5. The van der Waals surface area contributed by atoms with E-state index in [4.69, 9.17) is 9.47 Å². The second-order valence-corrected chi connectivity index (χ2v) is 6.98. The van der Waals surface area contributed by atoms with Gasteiger partial charge in [-0.2, -0.15) is 0 Å². The summed E-state index contributed by atoms with van der Waals surface area (Å²) in [7, 11) is 0. The van der Waals surface area contributed by atoms with Crippen LogP contribution >= 0.6 is 0 Å². The molecule has 0 spiro atoms. The molecular weight excluding hydrogens is 384 g/mol. The smallest absolute Gasteiger partial charge is 0.344 e. The lowest BCUT2D eigenvalue weighted by Gasteiger charge is -2.12. The summed E-state index contributed by atoms with van der Waals surface area (Å²) in [6.07, 6.45) is 1.54. The maximum absolute atomic E-state index is 12.9. The third-order valence-corrected chi connectivity index (χ3v) is 4.45. The minimum absolute atomic E-state index is 0.115. The largest absolute Gasteiger partial charge is 0.481 e. The van der Waals surface area contributed by atoms with Crippen molar-refractivity contribution in [2.45, 2.75) is 27.3 Å². The summed E-state index contributed by atoms with van der Waals surface area (Å²) in [5, 5.41) is 3.80. The molecule has 0 radical (unpaired) electrons. The molecule has 156 valence electrons. The molecule has 3 rings (SSSR count). The van der Waals surface area contributed by atoms with E-state index in [2.05, 4.69) is 5.32 Å². The van der Waals surface area contributed by atoms with E-state index < -0.39 is 5.97 Å². The number of carbonyl (C=O) groups is 2. The zero-order chi connectivity index (χ0) is 21.7. The average Bonchev–Trinajstić information content (AvgIpc) is 2.68. The third kappa shape index (κ3) is 5.05. The number of carbonyl (C=O) groups excluding carboxylic acids is 2. The maximum atomic E-state index is 12.9. The van der Waals surface area contributed by atoms with E-state index in [0.717, 1.165) is 11.1 Å². The predicted molar refractivity (Wildman–Crippen MR) is 115 cm³/mol. The quantitative estimate of drug-likeness (QED) is 0.607. The number of aryl methyl sites for hydroxylation is 2. The summed E-state index contributed by atoms with van der Waals surface area (Å²) >= 11 is 0. The van der Waals surface area contributed by atoms with Crippen molar-refractivity contribution in [3.63, 3.8) is 0 Å². The summed E-state index contributed by atoms with van der Waals surface area (Å²) < 4.78 is 11.7. The SMILES string of the molecule is CCOC(=O)COc1cccc2c(=O)n(CC(=O)Nc3cc(C)cc(C)c3)ccc12. The van der Waals surface area contributed by atoms with Gasteiger partial charge < -0.3 is 19.4 Å². The van der Waals surface area contributed by atoms with Gasteiger partial charge in [0.1, 0.15) is 12.3 Å². The molecule has 0 saturated heterocycles. The summed E-state index contributed by atoms with van der Waals surface area (Å²) in [6.45, 7) is 5.54. The molecule has 3 aromatic rings. The molecule has 0 bridgehead atoms. The van der Waals surface area contributed by atoms with Crippen molar-refractivity contribution in [2.75, 3.05) is 18.5 Å². The van der Waals surface area contributed by atoms with Gasteiger partial charge in [-0.15, -0.1) is 0 Å². The average molecular weight is 408 g/mol. The molecular formula is C23H24N2O5. The molecule has 7 nitrogen and oxygen atoms in total. The Bertz CT molecular complexity index is 1130. The van der Waals surface area contributed by atoms with Gasteiger partial charge in [0.05, 0.1) is 12.0 Å². The first kappa shape index (κ1) is 21.1. The molecule has 0 atom stereocenters. The number of ether oxygens (including phenoxy) is 2. The first-order chi connectivity index (χ1) is 14.4. The van der Waals surface area contributed by atoms with Gasteiger partial charge in [0.2, 0.25) is 5.91 Å². The Labute approximate surface area is 174 Å². The zero-order valence-corrected chi connectivity index (χ0v) is 17.2. The molecule has 0 aliphatic heterocycles. The molecule has 1 amide bonds. The first-order valence-corrected chi connectivity index (χ1v) is 9.66. The van der Waals surface area contributed by atoms with Gasteiger partial charge in [0, 0.05) is 17.3 Å². The van der Waals surface area contributed by atoms with Gasteiger partial charge in [-0.05, 0) is 62.2 Å². The van der Waals surface area contributed by atoms with Crippen molar-refractivity contribution in [1.82, 2.24) is 4.57 Å². The Morgan fingerprint density at radius 2 is 1.77 bits per heavy atom. The van der Waals surface area contributed by atoms with Gasteiger partial charge in [-0.1, -0.05) is 12.1 Å². The number of hydrogen-bond donors (Lipinski definition) is 1. The number of rotatable bonds is 7. The monoisotopic (exact) mass is 408 g/mol. The van der Waals surface area contributed by atoms with Gasteiger partial charge in [0.15, 0.2) is 6.61 Å². The third-order valence-electron chi connectivity index (χ3n) is 4.45. The molecule has 1 aromatic heterocycles. The number of amides is 1. The lowest BCUT2D eigenvalue weighted by atomic mass is 10.1. The minimum Gasteiger partial charge on any atom is -0.481 e. The lowest BCUT2D eigenvalue weighted by molar-refractivity contribution is -0.145. The van der Waals surface area contributed by atoms with E-state index in [9.17, 15) is 14.4 Å². The van der Waals surface area contributed by atoms with Crippen LogP contribution in [0.25, 0.3) is 10.8 Å². The standard InChI is InChI=1S/C23H24N2O5/c1-4-29-22(27)14-30-20-7-5-6-19-18(20)8-9-25(23(19)28)13-21(26)24-17-11-15(2)10-16(3)12-17/h5-12H,4,13-14H2,1-3H3,(H,24,26). The molecule has 1 N–H and O–H groups in total. The number of nitrogens with zero attached hydrogens (tertiary/aromatic N) is 1. The highest BCUT2D eigenvalue weighted by atomic mass is 16.6. The highest BCUT2D eigenvalue weighted by molar-refractivity contribution is 5.91. The van der Waals surface area contributed by atoms with Crippen LogP contribution in [0.15, 0.2) is 53.5 Å². The van der Waals surface area contributed by atoms with Crippen LogP contribution < -0.4 is 15.6 Å². The number of nitrogens with one attached hydrogen (secondary N) is 1. The maximum Gasteiger partial charge on any atom is 0.344 e. The highest BCUT2D eigenvalue weighted by Crippen LogP contribution is 2.23. The number of anilines is 1. The van der Waals surface area contributed by atoms with Crippen molar-refractivity contribution >= 4 is 28.3 Å². The van der Waals surface area contributed by atoms with Crippen LogP contribution in [0.1, 0.15) is 18.1 Å². The molecule has 2 aromatic carbocycles. The molecule has 0 saturated carbocycles. The fourth-order valence-electron chi connectivity index (χ4n) is 3.28. The van der Waals surface area contributed by atoms with Crippen LogP contribution in [0.4, 0.5) is 5.69 Å². The Morgan fingerprint density at radius 1 is 1.03 bits per heavy atom. The van der Waals surface area contributed by atoms with Crippen LogP contribution in [0.3, 0.4) is 0 Å². The van der Waals surface area contributed by atoms with Crippen molar-refractivity contribution in [3.8, 4) is 5.75 Å². The van der Waals surface area contributed by atoms with Crippen molar-refractivity contribution in [3.05, 3.63) is 70.1 Å². The molecule has 30 heavy (non-hydrogen) atoms. The van der Waals surface area contributed by atoms with Crippen LogP contribution in [0.5, 0.6) is 5.75 Å². The Balaban J connectivity index is 1.79. The van der Waals surface area contributed by atoms with E-state index in [1.54, 1.807) is 37.4 Å². The van der Waals surface area contributed by atoms with Crippen LogP contribution in [-0.2, 0) is 20.9 Å². The van der Waals surface area contributed by atoms with Gasteiger partial charge in [0.25, 0.3) is 5.56 Å². The van der Waals surface area contributed by atoms with Crippen molar-refractivity contribution in [1.29, 1.82) is 0 Å². The van der Waals surface area contributed by atoms with Gasteiger partial charge >= 0.3 is 5.97 Å². The normalized spacial score (nSPS) is 10.6. The van der Waals surface area contributed by atoms with Crippen molar-refractivity contribution in [2.24, 2.45) is 0 Å². The Kier molecular flexibility index (Phi) is 6.51. The molecule has 0 fully saturated rings. The molecule has 7 heteroatoms. The topological polar surface area (TPSA) is 86.6 Å². The number of esters is 1. The predicted octanol–water partition coefficient (Wildman–Crippen LogP) is 3.20. The van der Waals surface area contributed by atoms with E-state index in [1.807, 2.05) is 32.0 Å². The van der Waals surface area contributed by atoms with Gasteiger partial charge in [-0.25, -0.2) is 4.79 Å². The highest BCUT2D eigenvalue weighted by Gasteiger charge is 2.12. The Morgan fingerprint density at radius 3 is 2.47 bits per heavy atom. The Hall–Kier alpha value is -3.61. The number of benzene rings is 2. The lowest BCUT2D eigenvalue weighted by Crippen LogP contribution is -2.27. The molecule has 0 aliphatic carbocycles. The zero-order valence-electron chi connectivity index (χ0n) is 17.2. The van der Waals surface area contributed by atoms with Crippen LogP contribution in [-0.4, -0.2) is 29.7 Å². The second kappa shape index (κ2) is 9.26. The molecule has 1 heterocycles. The minimum atomic E-state index is -0.481. The number of pyridine rings is 1. The second-order valence-electron chi connectivity index (χ2n) is 6.98. The van der Waals surface area contributed by atoms with E-state index in [0.29, 0.717) is 22.2 Å². The number of aromatic nitrogens is 1. The fourth-order valence-corrected chi connectivity index (χ4v) is 3.28. The first-order valence-electron chi connectivity index (χ1n) is 9.66. The number of fused-ring (bicyclic) bond motifs is 1. The van der Waals surface area contributed by atoms with Gasteiger partial charge in [-0.3, -0.25) is 9.59 Å². The van der Waals surface area contributed by atoms with E-state index in [1.165, 1.54) is 4.57 Å². The van der Waals surface area contributed by atoms with E-state index >= 15 is 0 Å². The summed E-state index contributed by atoms with van der Waals surface area (Å²) in [4.78, 5) is 36.8.